The molecule has 0 spiro atoms. The average Bonchev–Trinajstić information content (AvgIpc) is 3.04. The molecule has 0 saturated carbocycles. The Bertz CT molecular complexity index is 581. The maximum absolute atomic E-state index is 10.8. The van der Waals surface area contributed by atoms with Crippen LogP contribution < -0.4 is 15.8 Å². The van der Waals surface area contributed by atoms with Gasteiger partial charge in [0.1, 0.15) is 6.54 Å². The predicted molar refractivity (Wildman–Crippen MR) is 73.1 cm³/mol. The van der Waals surface area contributed by atoms with Crippen LogP contribution >= 0.6 is 11.5 Å². The Morgan fingerprint density at radius 2 is 2.45 bits per heavy atom. The van der Waals surface area contributed by atoms with E-state index in [0.29, 0.717) is 12.4 Å². The molecular formula is C11H16N6O2S. The monoisotopic (exact) mass is 296 g/mol. The molecule has 3 N–H and O–H groups in total. The SMILES string of the molecule is COc1cc(C(C)NCc2cn(CC(N)=O)nn2)sn1. The van der Waals surface area contributed by atoms with Crippen molar-refractivity contribution in [1.82, 2.24) is 24.7 Å². The van der Waals surface area contributed by atoms with Crippen LogP contribution in [0.15, 0.2) is 12.3 Å². The van der Waals surface area contributed by atoms with Gasteiger partial charge in [0, 0.05) is 23.5 Å². The Kier molecular flexibility index (Phi) is 4.64. The lowest BCUT2D eigenvalue weighted by Gasteiger charge is -2.09. The zero-order valence-corrected chi connectivity index (χ0v) is 12.1. The fourth-order valence-electron chi connectivity index (χ4n) is 1.59. The van der Waals surface area contributed by atoms with E-state index in [2.05, 4.69) is 20.0 Å². The third-order valence-electron chi connectivity index (χ3n) is 2.64. The molecule has 0 aliphatic heterocycles. The van der Waals surface area contributed by atoms with Crippen molar-refractivity contribution in [3.63, 3.8) is 0 Å². The van der Waals surface area contributed by atoms with Gasteiger partial charge in [-0.1, -0.05) is 5.21 Å². The van der Waals surface area contributed by atoms with E-state index < -0.39 is 5.91 Å². The lowest BCUT2D eigenvalue weighted by Crippen LogP contribution is -2.19. The van der Waals surface area contributed by atoms with Gasteiger partial charge in [-0.2, -0.15) is 4.37 Å². The average molecular weight is 296 g/mol. The van der Waals surface area contributed by atoms with Crippen LogP contribution in [0.2, 0.25) is 0 Å². The van der Waals surface area contributed by atoms with E-state index >= 15 is 0 Å². The molecule has 2 rings (SSSR count). The highest BCUT2D eigenvalue weighted by atomic mass is 32.1. The summed E-state index contributed by atoms with van der Waals surface area (Å²) in [5, 5.41) is 11.1. The maximum Gasteiger partial charge on any atom is 0.239 e. The van der Waals surface area contributed by atoms with Gasteiger partial charge in [0.25, 0.3) is 0 Å². The maximum atomic E-state index is 10.8. The van der Waals surface area contributed by atoms with E-state index in [4.69, 9.17) is 10.5 Å². The van der Waals surface area contributed by atoms with E-state index in [9.17, 15) is 4.79 Å². The number of ether oxygens (including phenoxy) is 1. The number of methoxy groups -OCH3 is 1. The molecule has 0 aliphatic rings. The number of amides is 1. The van der Waals surface area contributed by atoms with Gasteiger partial charge in [0.2, 0.25) is 11.8 Å². The summed E-state index contributed by atoms with van der Waals surface area (Å²) in [6.07, 6.45) is 1.69. The summed E-state index contributed by atoms with van der Waals surface area (Å²) < 4.78 is 10.6. The van der Waals surface area contributed by atoms with Crippen LogP contribution in [0.4, 0.5) is 0 Å². The number of rotatable bonds is 7. The van der Waals surface area contributed by atoms with Crippen LogP contribution in [0.25, 0.3) is 0 Å². The molecule has 0 radical (unpaired) electrons. The largest absolute Gasteiger partial charge is 0.480 e. The van der Waals surface area contributed by atoms with Crippen molar-refractivity contribution in [2.45, 2.75) is 26.1 Å². The molecule has 0 saturated heterocycles. The Hall–Kier alpha value is -2.00. The highest BCUT2D eigenvalue weighted by molar-refractivity contribution is 7.06. The minimum atomic E-state index is -0.445. The number of carbonyl (C=O) groups is 1. The zero-order chi connectivity index (χ0) is 14.5. The summed E-state index contributed by atoms with van der Waals surface area (Å²) in [7, 11) is 1.59. The molecule has 2 heterocycles. The topological polar surface area (TPSA) is 108 Å². The van der Waals surface area contributed by atoms with Crippen LogP contribution in [-0.4, -0.2) is 32.4 Å². The number of nitrogens with zero attached hydrogens (tertiary/aromatic N) is 4. The van der Waals surface area contributed by atoms with Gasteiger partial charge in [0.05, 0.1) is 19.0 Å². The Morgan fingerprint density at radius 1 is 1.65 bits per heavy atom. The standard InChI is InChI=1S/C11H16N6O2S/c1-7(9-3-11(19-2)15-20-9)13-4-8-5-17(16-14-8)6-10(12)18/h3,5,7,13H,4,6H2,1-2H3,(H2,12,18). The van der Waals surface area contributed by atoms with Crippen LogP contribution in [0.1, 0.15) is 23.5 Å². The summed E-state index contributed by atoms with van der Waals surface area (Å²) in [4.78, 5) is 11.8. The quantitative estimate of drug-likeness (QED) is 0.749. The molecule has 2 aromatic heterocycles. The first-order valence-electron chi connectivity index (χ1n) is 5.99. The Labute approximate surface area is 120 Å². The second-order valence-corrected chi connectivity index (χ2v) is 5.08. The summed E-state index contributed by atoms with van der Waals surface area (Å²) in [6.45, 7) is 2.61. The predicted octanol–water partition coefficient (Wildman–Crippen LogP) is 0.0793. The van der Waals surface area contributed by atoms with Crippen molar-refractivity contribution in [3.05, 3.63) is 22.8 Å². The normalized spacial score (nSPS) is 12.3. The third kappa shape index (κ3) is 3.75. The van der Waals surface area contributed by atoms with E-state index in [1.54, 1.807) is 13.3 Å². The number of hydrogen-bond donors (Lipinski definition) is 2. The van der Waals surface area contributed by atoms with E-state index in [-0.39, 0.29) is 12.6 Å². The van der Waals surface area contributed by atoms with E-state index in [0.717, 1.165) is 10.6 Å². The minimum absolute atomic E-state index is 0.0363. The van der Waals surface area contributed by atoms with Crippen molar-refractivity contribution in [1.29, 1.82) is 0 Å². The lowest BCUT2D eigenvalue weighted by atomic mass is 10.2. The summed E-state index contributed by atoms with van der Waals surface area (Å²) >= 11 is 1.39. The highest BCUT2D eigenvalue weighted by Gasteiger charge is 2.11. The first kappa shape index (κ1) is 14.4. The molecule has 108 valence electrons. The molecule has 20 heavy (non-hydrogen) atoms. The number of nitrogens with one attached hydrogen (secondary N) is 1. The first-order valence-corrected chi connectivity index (χ1v) is 6.77. The van der Waals surface area contributed by atoms with E-state index in [1.165, 1.54) is 16.2 Å². The fourth-order valence-corrected chi connectivity index (χ4v) is 2.30. The number of aromatic nitrogens is 4. The fraction of sp³-hybridized carbons (Fsp3) is 0.455. The van der Waals surface area contributed by atoms with Crippen molar-refractivity contribution in [2.75, 3.05) is 7.11 Å². The van der Waals surface area contributed by atoms with Crippen LogP contribution in [0.5, 0.6) is 5.88 Å². The molecule has 1 atom stereocenters. The van der Waals surface area contributed by atoms with Crippen molar-refractivity contribution >= 4 is 17.4 Å². The van der Waals surface area contributed by atoms with Gasteiger partial charge in [-0.15, -0.1) is 5.10 Å². The number of primary amides is 1. The van der Waals surface area contributed by atoms with Crippen molar-refractivity contribution in [3.8, 4) is 5.88 Å². The second-order valence-electron chi connectivity index (χ2n) is 4.25. The molecule has 1 amide bonds. The summed E-state index contributed by atoms with van der Waals surface area (Å²) in [6, 6.07) is 2.02. The third-order valence-corrected chi connectivity index (χ3v) is 3.59. The zero-order valence-electron chi connectivity index (χ0n) is 11.2. The molecule has 0 aromatic carbocycles. The smallest absolute Gasteiger partial charge is 0.239 e. The van der Waals surface area contributed by atoms with Gasteiger partial charge in [-0.25, -0.2) is 4.68 Å². The molecule has 2 aromatic rings. The molecule has 8 nitrogen and oxygen atoms in total. The summed E-state index contributed by atoms with van der Waals surface area (Å²) in [5.41, 5.74) is 5.83. The Balaban J connectivity index is 1.88. The second kappa shape index (κ2) is 6.44. The van der Waals surface area contributed by atoms with Crippen molar-refractivity contribution in [2.24, 2.45) is 5.73 Å². The number of hydrogen-bond acceptors (Lipinski definition) is 7. The lowest BCUT2D eigenvalue weighted by molar-refractivity contribution is -0.118. The molecule has 1 unspecified atom stereocenters. The molecule has 9 heteroatoms. The summed E-state index contributed by atoms with van der Waals surface area (Å²) in [5.74, 6) is 0.172. The number of carbonyl (C=O) groups excluding carboxylic acids is 1. The van der Waals surface area contributed by atoms with Gasteiger partial charge in [0.15, 0.2) is 0 Å². The van der Waals surface area contributed by atoms with Crippen LogP contribution in [0, 0.1) is 0 Å². The molecule has 0 bridgehead atoms. The van der Waals surface area contributed by atoms with E-state index in [1.807, 2.05) is 13.0 Å². The van der Waals surface area contributed by atoms with Gasteiger partial charge in [-0.05, 0) is 18.5 Å². The van der Waals surface area contributed by atoms with Crippen molar-refractivity contribution < 1.29 is 9.53 Å². The van der Waals surface area contributed by atoms with Crippen LogP contribution in [0.3, 0.4) is 0 Å². The highest BCUT2D eigenvalue weighted by Crippen LogP contribution is 2.22. The first-order chi connectivity index (χ1) is 9.58. The molecule has 0 aliphatic carbocycles. The van der Waals surface area contributed by atoms with Gasteiger partial charge in [-0.3, -0.25) is 4.79 Å². The molecular weight excluding hydrogens is 280 g/mol. The minimum Gasteiger partial charge on any atom is -0.480 e. The van der Waals surface area contributed by atoms with Gasteiger partial charge < -0.3 is 15.8 Å². The Morgan fingerprint density at radius 3 is 3.10 bits per heavy atom. The van der Waals surface area contributed by atoms with Gasteiger partial charge >= 0.3 is 0 Å². The molecule has 0 fully saturated rings. The van der Waals surface area contributed by atoms with Crippen LogP contribution in [-0.2, 0) is 17.9 Å². The number of nitrogens with two attached hydrogens (primary N) is 1.